The Kier molecular flexibility index (Phi) is 5.00. The van der Waals surface area contributed by atoms with Gasteiger partial charge in [-0.2, -0.15) is 0 Å². The maximum absolute atomic E-state index is 12.8. The highest BCUT2D eigenvalue weighted by Gasteiger charge is 2.54. The Balaban J connectivity index is 1.57. The summed E-state index contributed by atoms with van der Waals surface area (Å²) in [4.78, 5) is 29.3. The first-order valence-electron chi connectivity index (χ1n) is 9.33. The Morgan fingerprint density at radius 3 is 2.68 bits per heavy atom. The highest BCUT2D eigenvalue weighted by molar-refractivity contribution is 5.98. The third-order valence-electron chi connectivity index (χ3n) is 5.37. The van der Waals surface area contributed by atoms with Crippen LogP contribution in [0.1, 0.15) is 32.1 Å². The van der Waals surface area contributed by atoms with E-state index in [1.807, 2.05) is 24.3 Å². The van der Waals surface area contributed by atoms with Gasteiger partial charge in [-0.15, -0.1) is 0 Å². The maximum atomic E-state index is 12.8. The number of pyridine rings is 1. The number of rotatable bonds is 6. The van der Waals surface area contributed by atoms with Gasteiger partial charge in [-0.25, -0.2) is 4.98 Å². The minimum absolute atomic E-state index is 0.166. The average molecular weight is 381 g/mol. The van der Waals surface area contributed by atoms with Gasteiger partial charge < -0.3 is 20.1 Å². The number of fused-ring (bicyclic) bond motifs is 1. The number of carbonyl (C=O) groups is 2. The Bertz CT molecular complexity index is 904. The molecule has 7 heteroatoms. The normalized spacial score (nSPS) is 22.3. The van der Waals surface area contributed by atoms with Gasteiger partial charge in [-0.05, 0) is 29.8 Å². The van der Waals surface area contributed by atoms with Gasteiger partial charge in [0.25, 0.3) is 11.8 Å². The second-order valence-corrected chi connectivity index (χ2v) is 7.20. The Hall–Kier alpha value is -2.93. The van der Waals surface area contributed by atoms with E-state index in [2.05, 4.69) is 15.6 Å². The van der Waals surface area contributed by atoms with Gasteiger partial charge in [-0.3, -0.25) is 9.59 Å². The van der Waals surface area contributed by atoms with E-state index in [0.717, 1.165) is 11.3 Å². The first-order valence-corrected chi connectivity index (χ1v) is 9.33. The van der Waals surface area contributed by atoms with Gasteiger partial charge in [0.15, 0.2) is 0 Å². The van der Waals surface area contributed by atoms with Crippen LogP contribution >= 0.6 is 0 Å². The van der Waals surface area contributed by atoms with E-state index in [4.69, 9.17) is 9.47 Å². The molecule has 4 rings (SSSR count). The fraction of sp³-hybridized carbons (Fsp3) is 0.381. The molecule has 1 aliphatic carbocycles. The zero-order valence-corrected chi connectivity index (χ0v) is 15.9. The highest BCUT2D eigenvalue weighted by Crippen LogP contribution is 2.44. The molecular weight excluding hydrogens is 358 g/mol. The summed E-state index contributed by atoms with van der Waals surface area (Å²) in [6.07, 6.45) is 0.491. The molecule has 2 aliphatic rings. The van der Waals surface area contributed by atoms with Gasteiger partial charge in [0.1, 0.15) is 11.4 Å². The van der Waals surface area contributed by atoms with Gasteiger partial charge in [0.2, 0.25) is 0 Å². The van der Waals surface area contributed by atoms with Crippen LogP contribution in [0.2, 0.25) is 0 Å². The minimum Gasteiger partial charge on any atom is -0.497 e. The van der Waals surface area contributed by atoms with E-state index in [1.54, 1.807) is 20.2 Å². The number of nitrogens with one attached hydrogen (secondary N) is 2. The lowest BCUT2D eigenvalue weighted by molar-refractivity contribution is 0.0928. The largest absolute Gasteiger partial charge is 0.497 e. The second kappa shape index (κ2) is 7.59. The zero-order valence-electron chi connectivity index (χ0n) is 15.9. The number of hydrogen-bond donors (Lipinski definition) is 2. The van der Waals surface area contributed by atoms with Crippen LogP contribution < -0.4 is 15.4 Å². The summed E-state index contributed by atoms with van der Waals surface area (Å²) in [5.74, 6) is 1.08. The lowest BCUT2D eigenvalue weighted by atomic mass is 10.1. The van der Waals surface area contributed by atoms with Crippen LogP contribution in [0.15, 0.2) is 36.4 Å². The first kappa shape index (κ1) is 18.4. The summed E-state index contributed by atoms with van der Waals surface area (Å²) < 4.78 is 10.6. The number of benzene rings is 1. The molecule has 0 spiro atoms. The van der Waals surface area contributed by atoms with Crippen LogP contribution in [0.4, 0.5) is 0 Å². The summed E-state index contributed by atoms with van der Waals surface area (Å²) in [6, 6.07) is 11.1. The van der Waals surface area contributed by atoms with E-state index in [0.29, 0.717) is 42.7 Å². The molecule has 1 aromatic heterocycles. The number of methoxy groups -OCH3 is 1. The number of nitrogens with zero attached hydrogens (tertiary/aromatic N) is 1. The predicted octanol–water partition coefficient (Wildman–Crippen LogP) is 1.42. The summed E-state index contributed by atoms with van der Waals surface area (Å²) in [6.45, 7) is 1.41. The van der Waals surface area contributed by atoms with Crippen molar-refractivity contribution in [1.29, 1.82) is 0 Å². The van der Waals surface area contributed by atoms with Crippen LogP contribution in [0.5, 0.6) is 5.75 Å². The first-order chi connectivity index (χ1) is 13.6. The van der Waals surface area contributed by atoms with E-state index >= 15 is 0 Å². The molecule has 2 aromatic rings. The maximum Gasteiger partial charge on any atom is 0.269 e. The third-order valence-corrected chi connectivity index (χ3v) is 5.37. The van der Waals surface area contributed by atoms with Crippen LogP contribution in [0.25, 0.3) is 0 Å². The summed E-state index contributed by atoms with van der Waals surface area (Å²) in [5, 5.41) is 5.64. The van der Waals surface area contributed by atoms with Crippen molar-refractivity contribution in [2.45, 2.75) is 12.5 Å². The van der Waals surface area contributed by atoms with Crippen molar-refractivity contribution in [3.05, 3.63) is 58.9 Å². The van der Waals surface area contributed by atoms with E-state index < -0.39 is 0 Å². The molecule has 1 saturated heterocycles. The fourth-order valence-corrected chi connectivity index (χ4v) is 3.73. The number of hydrogen-bond acceptors (Lipinski definition) is 5. The lowest BCUT2D eigenvalue weighted by Gasteiger charge is -2.11. The molecule has 1 aliphatic heterocycles. The van der Waals surface area contributed by atoms with Crippen LogP contribution in [0, 0.1) is 11.8 Å². The second-order valence-electron chi connectivity index (χ2n) is 7.20. The van der Waals surface area contributed by atoms with Gasteiger partial charge in [0, 0.05) is 42.6 Å². The van der Waals surface area contributed by atoms with Crippen molar-refractivity contribution in [3.63, 3.8) is 0 Å². The van der Waals surface area contributed by atoms with Crippen LogP contribution in [-0.4, -0.2) is 50.2 Å². The standard InChI is InChI=1S/C21H23N3O4/c1-22-21(26)18-9-13(20(25)24-19-16-10-28-11-17(16)19)8-14(23-18)6-12-4-3-5-15(7-12)27-2/h3-5,7-9,16-17,19H,6,10-11H2,1-2H3,(H,22,26)(H,24,25). The van der Waals surface area contributed by atoms with Crippen LogP contribution in [-0.2, 0) is 11.2 Å². The molecule has 2 atom stereocenters. The van der Waals surface area contributed by atoms with Crippen molar-refractivity contribution >= 4 is 11.8 Å². The van der Waals surface area contributed by atoms with E-state index in [9.17, 15) is 9.59 Å². The van der Waals surface area contributed by atoms with Crippen LogP contribution in [0.3, 0.4) is 0 Å². The topological polar surface area (TPSA) is 89.6 Å². The lowest BCUT2D eigenvalue weighted by Crippen LogP contribution is -2.30. The Labute approximate surface area is 163 Å². The predicted molar refractivity (Wildman–Crippen MR) is 102 cm³/mol. The molecule has 2 unspecified atom stereocenters. The van der Waals surface area contributed by atoms with Gasteiger partial charge in [0.05, 0.1) is 20.3 Å². The summed E-state index contributed by atoms with van der Waals surface area (Å²) in [7, 11) is 3.16. The summed E-state index contributed by atoms with van der Waals surface area (Å²) in [5.41, 5.74) is 2.31. The molecule has 0 radical (unpaired) electrons. The molecular formula is C21H23N3O4. The molecule has 1 saturated carbocycles. The smallest absolute Gasteiger partial charge is 0.269 e. The average Bonchev–Trinajstić information content (AvgIpc) is 3.13. The zero-order chi connectivity index (χ0) is 19.7. The summed E-state index contributed by atoms with van der Waals surface area (Å²) >= 11 is 0. The number of carbonyl (C=O) groups excluding carboxylic acids is 2. The fourth-order valence-electron chi connectivity index (χ4n) is 3.73. The SMILES string of the molecule is CNC(=O)c1cc(C(=O)NC2C3COCC32)cc(Cc2cccc(OC)c2)n1. The van der Waals surface area contributed by atoms with Crippen molar-refractivity contribution < 1.29 is 19.1 Å². The Morgan fingerprint density at radius 2 is 1.96 bits per heavy atom. The quantitative estimate of drug-likeness (QED) is 0.790. The molecule has 2 heterocycles. The molecule has 2 N–H and O–H groups in total. The minimum atomic E-state index is -0.321. The molecule has 1 aromatic carbocycles. The highest BCUT2D eigenvalue weighted by atomic mass is 16.5. The molecule has 28 heavy (non-hydrogen) atoms. The monoisotopic (exact) mass is 381 g/mol. The Morgan fingerprint density at radius 1 is 1.18 bits per heavy atom. The molecule has 0 bridgehead atoms. The van der Waals surface area contributed by atoms with E-state index in [-0.39, 0.29) is 23.6 Å². The van der Waals surface area contributed by atoms with Crippen molar-refractivity contribution in [2.24, 2.45) is 11.8 Å². The third kappa shape index (κ3) is 3.71. The van der Waals surface area contributed by atoms with E-state index in [1.165, 1.54) is 6.07 Å². The van der Waals surface area contributed by atoms with Crippen molar-refractivity contribution in [1.82, 2.24) is 15.6 Å². The molecule has 2 amide bonds. The number of amides is 2. The molecule has 146 valence electrons. The van der Waals surface area contributed by atoms with Crippen molar-refractivity contribution in [2.75, 3.05) is 27.4 Å². The number of aromatic nitrogens is 1. The van der Waals surface area contributed by atoms with Crippen molar-refractivity contribution in [3.8, 4) is 5.75 Å². The molecule has 2 fully saturated rings. The number of ether oxygens (including phenoxy) is 2. The molecule has 7 nitrogen and oxygen atoms in total. The van der Waals surface area contributed by atoms with Gasteiger partial charge in [-0.1, -0.05) is 12.1 Å². The van der Waals surface area contributed by atoms with Gasteiger partial charge >= 0.3 is 0 Å².